The molecule has 1 aliphatic heterocycles. The Bertz CT molecular complexity index is 675. The van der Waals surface area contributed by atoms with Gasteiger partial charge in [0.2, 0.25) is 0 Å². The normalized spacial score (nSPS) is 20.8. The van der Waals surface area contributed by atoms with Gasteiger partial charge in [0, 0.05) is 30.9 Å². The number of ether oxygens (including phenoxy) is 1. The number of amides is 2. The van der Waals surface area contributed by atoms with E-state index in [4.69, 9.17) is 4.74 Å². The Hall–Kier alpha value is -1.92. The van der Waals surface area contributed by atoms with Crippen LogP contribution in [0.1, 0.15) is 30.0 Å². The third-order valence-corrected chi connectivity index (χ3v) is 4.77. The topological polar surface area (TPSA) is 54.5 Å². The number of rotatable bonds is 4. The van der Waals surface area contributed by atoms with E-state index < -0.39 is 0 Å². The molecule has 1 fully saturated rings. The number of aromatic nitrogens is 1. The number of carbonyl (C=O) groups is 1. The molecule has 0 radical (unpaired) electrons. The predicted molar refractivity (Wildman–Crippen MR) is 95.3 cm³/mol. The Labute approximate surface area is 146 Å². The first-order valence-corrected chi connectivity index (χ1v) is 9.19. The fourth-order valence-electron chi connectivity index (χ4n) is 2.91. The molecular weight excluding hydrogens is 322 g/mol. The van der Waals surface area contributed by atoms with Crippen molar-refractivity contribution in [3.63, 3.8) is 0 Å². The van der Waals surface area contributed by atoms with Crippen molar-refractivity contribution in [3.05, 3.63) is 52.0 Å². The highest BCUT2D eigenvalue weighted by Gasteiger charge is 2.29. The summed E-state index contributed by atoms with van der Waals surface area (Å²) in [7, 11) is 0. The van der Waals surface area contributed by atoms with E-state index in [-0.39, 0.29) is 18.2 Å². The smallest absolute Gasteiger partial charge is 0.317 e. The Morgan fingerprint density at radius 3 is 3.04 bits per heavy atom. The third-order valence-electron chi connectivity index (χ3n) is 4.07. The highest BCUT2D eigenvalue weighted by Crippen LogP contribution is 2.26. The van der Waals surface area contributed by atoms with Gasteiger partial charge in [-0.25, -0.2) is 4.79 Å². The first-order chi connectivity index (χ1) is 11.6. The van der Waals surface area contributed by atoms with Crippen molar-refractivity contribution < 1.29 is 9.53 Å². The van der Waals surface area contributed by atoms with Crippen molar-refractivity contribution in [1.82, 2.24) is 15.2 Å². The minimum absolute atomic E-state index is 0.0296. The Morgan fingerprint density at radius 2 is 2.29 bits per heavy atom. The zero-order valence-corrected chi connectivity index (χ0v) is 14.9. The van der Waals surface area contributed by atoms with Gasteiger partial charge in [-0.2, -0.15) is 11.3 Å². The first-order valence-electron chi connectivity index (χ1n) is 8.24. The maximum absolute atomic E-state index is 12.5. The van der Waals surface area contributed by atoms with Crippen LogP contribution < -0.4 is 5.32 Å². The van der Waals surface area contributed by atoms with Crippen molar-refractivity contribution in [1.29, 1.82) is 0 Å². The van der Waals surface area contributed by atoms with E-state index in [1.807, 2.05) is 42.3 Å². The van der Waals surface area contributed by atoms with E-state index in [9.17, 15) is 4.79 Å². The molecule has 128 valence electrons. The molecule has 1 N–H and O–H groups in total. The summed E-state index contributed by atoms with van der Waals surface area (Å²) >= 11 is 1.65. The lowest BCUT2D eigenvalue weighted by Gasteiger charge is -2.36. The summed E-state index contributed by atoms with van der Waals surface area (Å²) in [5.74, 6) is 0. The number of hydrogen-bond acceptors (Lipinski definition) is 4. The molecule has 6 heteroatoms. The quantitative estimate of drug-likeness (QED) is 0.926. The van der Waals surface area contributed by atoms with E-state index in [1.165, 1.54) is 0 Å². The largest absolute Gasteiger partial charge is 0.367 e. The fourth-order valence-corrected chi connectivity index (χ4v) is 3.61. The number of hydrogen-bond donors (Lipinski definition) is 1. The summed E-state index contributed by atoms with van der Waals surface area (Å²) in [6.07, 6.45) is 0.735. The molecule has 2 atom stereocenters. The minimum atomic E-state index is -0.0378. The number of carbonyl (C=O) groups excluding carboxylic acids is 1. The van der Waals surface area contributed by atoms with Crippen LogP contribution in [0, 0.1) is 6.92 Å². The standard InChI is InChI=1S/C18H23N3O2S/c1-13-4-3-5-16(20-13)6-8-19-18(22)21-10-14(2)23-17(11-21)15-7-9-24-12-15/h3-5,7,9,12,14,17H,6,8,10-11H2,1-2H3,(H,19,22)/t14-,17-/m0/s1. The number of pyridine rings is 1. The van der Waals surface area contributed by atoms with Gasteiger partial charge in [-0.1, -0.05) is 6.07 Å². The zero-order valence-electron chi connectivity index (χ0n) is 14.1. The van der Waals surface area contributed by atoms with Gasteiger partial charge in [0.15, 0.2) is 0 Å². The van der Waals surface area contributed by atoms with Gasteiger partial charge in [-0.05, 0) is 48.4 Å². The third kappa shape index (κ3) is 4.33. The van der Waals surface area contributed by atoms with Crippen LogP contribution in [0.2, 0.25) is 0 Å². The number of nitrogens with zero attached hydrogens (tertiary/aromatic N) is 2. The SMILES string of the molecule is Cc1cccc(CCNC(=O)N2C[C@@H](c3ccsc3)O[C@@H](C)C2)n1. The second-order valence-electron chi connectivity index (χ2n) is 6.15. The number of nitrogens with one attached hydrogen (secondary N) is 1. The fraction of sp³-hybridized carbons (Fsp3) is 0.444. The maximum Gasteiger partial charge on any atom is 0.317 e. The van der Waals surface area contributed by atoms with Crippen LogP contribution in [0.25, 0.3) is 0 Å². The van der Waals surface area contributed by atoms with E-state index in [0.29, 0.717) is 19.6 Å². The lowest BCUT2D eigenvalue weighted by molar-refractivity contribution is -0.0654. The second kappa shape index (κ2) is 7.77. The van der Waals surface area contributed by atoms with Crippen LogP contribution in [0.5, 0.6) is 0 Å². The highest BCUT2D eigenvalue weighted by molar-refractivity contribution is 7.07. The summed E-state index contributed by atoms with van der Waals surface area (Å²) in [4.78, 5) is 18.8. The first kappa shape index (κ1) is 16.9. The number of urea groups is 1. The zero-order chi connectivity index (χ0) is 16.9. The monoisotopic (exact) mass is 345 g/mol. The minimum Gasteiger partial charge on any atom is -0.367 e. The summed E-state index contributed by atoms with van der Waals surface area (Å²) in [5.41, 5.74) is 3.15. The van der Waals surface area contributed by atoms with Crippen molar-refractivity contribution >= 4 is 17.4 Å². The van der Waals surface area contributed by atoms with Gasteiger partial charge in [0.25, 0.3) is 0 Å². The summed E-state index contributed by atoms with van der Waals surface area (Å²) in [5, 5.41) is 7.13. The van der Waals surface area contributed by atoms with Crippen LogP contribution in [0.15, 0.2) is 35.0 Å². The molecule has 1 aliphatic rings. The Morgan fingerprint density at radius 1 is 1.42 bits per heavy atom. The molecule has 0 spiro atoms. The van der Waals surface area contributed by atoms with Crippen molar-refractivity contribution in [2.24, 2.45) is 0 Å². The molecule has 24 heavy (non-hydrogen) atoms. The molecule has 2 aromatic rings. The lowest BCUT2D eigenvalue weighted by Crippen LogP contribution is -2.50. The summed E-state index contributed by atoms with van der Waals surface area (Å²) < 4.78 is 5.97. The summed E-state index contributed by atoms with van der Waals surface area (Å²) in [6.45, 7) is 5.78. The Kier molecular flexibility index (Phi) is 5.48. The van der Waals surface area contributed by atoms with Gasteiger partial charge >= 0.3 is 6.03 Å². The van der Waals surface area contributed by atoms with Gasteiger partial charge in [0.05, 0.1) is 12.6 Å². The highest BCUT2D eigenvalue weighted by atomic mass is 32.1. The number of aryl methyl sites for hydroxylation is 1. The van der Waals surface area contributed by atoms with Crippen molar-refractivity contribution in [3.8, 4) is 0 Å². The average Bonchev–Trinajstić information content (AvgIpc) is 3.09. The molecule has 0 bridgehead atoms. The molecule has 0 aliphatic carbocycles. The lowest BCUT2D eigenvalue weighted by atomic mass is 10.1. The van der Waals surface area contributed by atoms with E-state index in [2.05, 4.69) is 21.7 Å². The van der Waals surface area contributed by atoms with Gasteiger partial charge in [-0.15, -0.1) is 0 Å². The molecule has 3 rings (SSSR count). The number of morpholine rings is 1. The molecule has 1 saturated heterocycles. The van der Waals surface area contributed by atoms with Crippen LogP contribution in [0.4, 0.5) is 4.79 Å². The molecule has 5 nitrogen and oxygen atoms in total. The molecule has 0 saturated carbocycles. The van der Waals surface area contributed by atoms with Crippen molar-refractivity contribution in [2.75, 3.05) is 19.6 Å². The molecular formula is C18H23N3O2S. The van der Waals surface area contributed by atoms with Gasteiger partial charge < -0.3 is 15.0 Å². The van der Waals surface area contributed by atoms with Crippen LogP contribution in [-0.2, 0) is 11.2 Å². The van der Waals surface area contributed by atoms with Gasteiger partial charge in [-0.3, -0.25) is 4.98 Å². The predicted octanol–water partition coefficient (Wildman–Crippen LogP) is 3.17. The summed E-state index contributed by atoms with van der Waals surface area (Å²) in [6, 6.07) is 7.99. The van der Waals surface area contributed by atoms with Crippen LogP contribution in [-0.4, -0.2) is 41.7 Å². The Balaban J connectivity index is 1.52. The molecule has 0 unspecified atom stereocenters. The molecule has 3 heterocycles. The maximum atomic E-state index is 12.5. The van der Waals surface area contributed by atoms with Crippen LogP contribution >= 0.6 is 11.3 Å². The molecule has 2 aromatic heterocycles. The average molecular weight is 345 g/mol. The second-order valence-corrected chi connectivity index (χ2v) is 6.93. The van der Waals surface area contributed by atoms with Gasteiger partial charge in [0.1, 0.15) is 6.10 Å². The van der Waals surface area contributed by atoms with E-state index in [1.54, 1.807) is 11.3 Å². The van der Waals surface area contributed by atoms with E-state index in [0.717, 1.165) is 23.4 Å². The van der Waals surface area contributed by atoms with E-state index >= 15 is 0 Å². The van der Waals surface area contributed by atoms with Crippen LogP contribution in [0.3, 0.4) is 0 Å². The molecule has 2 amide bonds. The van der Waals surface area contributed by atoms with Crippen molar-refractivity contribution in [2.45, 2.75) is 32.5 Å². The number of thiophene rings is 1. The molecule has 0 aromatic carbocycles.